The molecule has 2 atom stereocenters. The van der Waals surface area contributed by atoms with Crippen LogP contribution in [0.15, 0.2) is 30.3 Å². The van der Waals surface area contributed by atoms with Crippen molar-refractivity contribution < 1.29 is 18.0 Å². The topological polar surface area (TPSA) is 88.3 Å². The van der Waals surface area contributed by atoms with Gasteiger partial charge >= 0.3 is 6.18 Å². The number of benzene rings is 1. The van der Waals surface area contributed by atoms with Gasteiger partial charge in [-0.25, -0.2) is 4.98 Å². The lowest BCUT2D eigenvalue weighted by molar-refractivity contribution is -0.141. The van der Waals surface area contributed by atoms with Gasteiger partial charge in [0.2, 0.25) is 5.91 Å². The molecular weight excluding hydrogens is 554 g/mol. The number of rotatable bonds is 5. The molecule has 208 valence electrons. The van der Waals surface area contributed by atoms with Crippen LogP contribution in [-0.4, -0.2) is 78.7 Å². The first-order valence-electron chi connectivity index (χ1n) is 13.0. The number of aromatic amines is 1. The molecule has 13 heteroatoms. The highest BCUT2D eigenvalue weighted by Crippen LogP contribution is 2.38. The van der Waals surface area contributed by atoms with Crippen molar-refractivity contribution in [2.24, 2.45) is 0 Å². The molecule has 2 unspecified atom stereocenters. The largest absolute Gasteiger partial charge is 0.434 e. The first-order chi connectivity index (χ1) is 18.7. The van der Waals surface area contributed by atoms with E-state index in [0.29, 0.717) is 50.2 Å². The number of piperazine rings is 1. The fourth-order valence-corrected chi connectivity index (χ4v) is 6.09. The van der Waals surface area contributed by atoms with Crippen LogP contribution in [0.4, 0.5) is 19.0 Å². The van der Waals surface area contributed by atoms with Gasteiger partial charge in [-0.2, -0.15) is 13.2 Å². The highest BCUT2D eigenvalue weighted by Gasteiger charge is 2.41. The third-order valence-electron chi connectivity index (χ3n) is 7.80. The Labute approximate surface area is 233 Å². The molecule has 2 aromatic heterocycles. The highest BCUT2D eigenvalue weighted by molar-refractivity contribution is 6.31. The fraction of sp³-hybridized carbons (Fsp3) is 0.462. The van der Waals surface area contributed by atoms with Crippen molar-refractivity contribution in [2.45, 2.75) is 30.7 Å². The number of hydrogen-bond donors (Lipinski definition) is 4. The van der Waals surface area contributed by atoms with Crippen LogP contribution in [0.3, 0.4) is 0 Å². The molecule has 39 heavy (non-hydrogen) atoms. The van der Waals surface area contributed by atoms with Gasteiger partial charge in [-0.05, 0) is 42.3 Å². The lowest BCUT2D eigenvalue weighted by Crippen LogP contribution is -2.61. The summed E-state index contributed by atoms with van der Waals surface area (Å²) in [5.74, 6) is -0.0758. The molecular formula is C26H28Cl2F3N7O. The predicted molar refractivity (Wildman–Crippen MR) is 144 cm³/mol. The van der Waals surface area contributed by atoms with Gasteiger partial charge in [0.05, 0.1) is 11.1 Å². The van der Waals surface area contributed by atoms with Gasteiger partial charge in [-0.3, -0.25) is 4.79 Å². The van der Waals surface area contributed by atoms with Crippen LogP contribution in [0.1, 0.15) is 23.0 Å². The standard InChI is InChI=1S/C26H28Cl2F3N7O/c27-14-1-3-19-17(9-14)16-5-7-38(20(23(16)35-19)13-34-15-10-33-11-15)25(39)21-12-32-6-8-37(21)22-4-2-18(28)24(36-22)26(29,30)31/h1-4,9,15,20-21,32-35H,5-8,10-13H2. The van der Waals surface area contributed by atoms with E-state index < -0.39 is 22.9 Å². The minimum Gasteiger partial charge on any atom is -0.356 e. The normalized spacial score (nSPS) is 22.2. The number of nitrogens with one attached hydrogen (secondary N) is 4. The van der Waals surface area contributed by atoms with E-state index in [1.807, 2.05) is 23.1 Å². The van der Waals surface area contributed by atoms with Gasteiger partial charge in [-0.15, -0.1) is 0 Å². The molecule has 3 aliphatic rings. The summed E-state index contributed by atoms with van der Waals surface area (Å²) in [7, 11) is 0. The number of amides is 1. The van der Waals surface area contributed by atoms with Crippen LogP contribution in [0.25, 0.3) is 10.9 Å². The Kier molecular flexibility index (Phi) is 7.13. The van der Waals surface area contributed by atoms with E-state index in [-0.39, 0.29) is 17.8 Å². The van der Waals surface area contributed by atoms with Crippen molar-refractivity contribution in [1.29, 1.82) is 0 Å². The number of halogens is 5. The number of pyridine rings is 1. The molecule has 6 rings (SSSR count). The second-order valence-electron chi connectivity index (χ2n) is 10.2. The maximum absolute atomic E-state index is 14.2. The average molecular weight is 582 g/mol. The summed E-state index contributed by atoms with van der Waals surface area (Å²) in [4.78, 5) is 25.1. The van der Waals surface area contributed by atoms with Crippen molar-refractivity contribution in [2.75, 3.05) is 50.7 Å². The summed E-state index contributed by atoms with van der Waals surface area (Å²) >= 11 is 12.1. The van der Waals surface area contributed by atoms with Gasteiger partial charge in [0.1, 0.15) is 11.9 Å². The van der Waals surface area contributed by atoms with E-state index in [4.69, 9.17) is 23.2 Å². The maximum atomic E-state index is 14.2. The number of H-pyrrole nitrogens is 1. The average Bonchev–Trinajstić information content (AvgIpc) is 3.25. The first-order valence-corrected chi connectivity index (χ1v) is 13.7. The monoisotopic (exact) mass is 581 g/mol. The zero-order chi connectivity index (χ0) is 27.3. The molecule has 8 nitrogen and oxygen atoms in total. The van der Waals surface area contributed by atoms with Crippen LogP contribution in [0, 0.1) is 0 Å². The van der Waals surface area contributed by atoms with E-state index in [2.05, 4.69) is 25.9 Å². The molecule has 1 amide bonds. The van der Waals surface area contributed by atoms with Crippen molar-refractivity contribution in [3.8, 4) is 0 Å². The van der Waals surface area contributed by atoms with Crippen molar-refractivity contribution in [3.05, 3.63) is 57.3 Å². The van der Waals surface area contributed by atoms with E-state index >= 15 is 0 Å². The molecule has 3 aliphatic heterocycles. The summed E-state index contributed by atoms with van der Waals surface area (Å²) in [6.07, 6.45) is -4.06. The maximum Gasteiger partial charge on any atom is 0.434 e. The minimum atomic E-state index is -4.70. The van der Waals surface area contributed by atoms with Gasteiger partial charge in [0.15, 0.2) is 5.69 Å². The zero-order valence-corrected chi connectivity index (χ0v) is 22.4. The first kappa shape index (κ1) is 26.6. The van der Waals surface area contributed by atoms with E-state index in [0.717, 1.165) is 35.2 Å². The Balaban J connectivity index is 1.33. The summed E-state index contributed by atoms with van der Waals surface area (Å²) in [5.41, 5.74) is 1.91. The van der Waals surface area contributed by atoms with Crippen molar-refractivity contribution in [3.63, 3.8) is 0 Å². The Morgan fingerprint density at radius 2 is 1.92 bits per heavy atom. The number of carbonyl (C=O) groups is 1. The van der Waals surface area contributed by atoms with Gasteiger partial charge in [-0.1, -0.05) is 23.2 Å². The second kappa shape index (κ2) is 10.4. The number of aromatic nitrogens is 2. The summed E-state index contributed by atoms with van der Waals surface area (Å²) < 4.78 is 40.7. The number of hydrogen-bond acceptors (Lipinski definition) is 6. The van der Waals surface area contributed by atoms with Gasteiger partial charge < -0.3 is 30.7 Å². The Morgan fingerprint density at radius 3 is 2.67 bits per heavy atom. The zero-order valence-electron chi connectivity index (χ0n) is 20.9. The van der Waals surface area contributed by atoms with Crippen LogP contribution in [0.2, 0.25) is 10.0 Å². The van der Waals surface area contributed by atoms with E-state index in [9.17, 15) is 18.0 Å². The second-order valence-corrected chi connectivity index (χ2v) is 11.0. The molecule has 4 N–H and O–H groups in total. The van der Waals surface area contributed by atoms with Crippen LogP contribution < -0.4 is 20.9 Å². The van der Waals surface area contributed by atoms with E-state index in [1.54, 1.807) is 4.90 Å². The summed E-state index contributed by atoms with van der Waals surface area (Å²) in [5, 5.41) is 11.3. The third kappa shape index (κ3) is 5.06. The fourth-order valence-electron chi connectivity index (χ4n) is 5.71. The van der Waals surface area contributed by atoms with Gasteiger partial charge in [0.25, 0.3) is 0 Å². The van der Waals surface area contributed by atoms with Crippen molar-refractivity contribution in [1.82, 2.24) is 30.8 Å². The van der Waals surface area contributed by atoms with Crippen molar-refractivity contribution >= 4 is 45.8 Å². The summed E-state index contributed by atoms with van der Waals surface area (Å²) in [6.45, 7) is 3.89. The molecule has 0 bridgehead atoms. The van der Waals surface area contributed by atoms with Crippen LogP contribution in [0.5, 0.6) is 0 Å². The number of anilines is 1. The molecule has 2 fully saturated rings. The molecule has 0 saturated carbocycles. The molecule has 1 aromatic carbocycles. The molecule has 2 saturated heterocycles. The molecule has 0 aliphatic carbocycles. The van der Waals surface area contributed by atoms with Crippen LogP contribution in [-0.2, 0) is 17.4 Å². The number of fused-ring (bicyclic) bond motifs is 3. The molecule has 0 spiro atoms. The Morgan fingerprint density at radius 1 is 1.10 bits per heavy atom. The Bertz CT molecular complexity index is 1390. The molecule has 3 aromatic rings. The lowest BCUT2D eigenvalue weighted by Gasteiger charge is -2.43. The SMILES string of the molecule is O=C(C1CNCCN1c1ccc(Cl)c(C(F)(F)F)n1)N1CCc2c([nH]c3ccc(Cl)cc23)C1CNC1CNC1. The van der Waals surface area contributed by atoms with Gasteiger partial charge in [0, 0.05) is 73.5 Å². The molecule has 0 radical (unpaired) electrons. The van der Waals surface area contributed by atoms with Crippen LogP contribution >= 0.6 is 23.2 Å². The lowest BCUT2D eigenvalue weighted by atomic mass is 9.95. The Hall–Kier alpha value is -2.57. The predicted octanol–water partition coefficient (Wildman–Crippen LogP) is 3.35. The third-order valence-corrected chi connectivity index (χ3v) is 8.34. The quantitative estimate of drug-likeness (QED) is 0.369. The number of carbonyl (C=O) groups excluding carboxylic acids is 1. The smallest absolute Gasteiger partial charge is 0.356 e. The minimum absolute atomic E-state index is 0.0831. The number of alkyl halides is 3. The summed E-state index contributed by atoms with van der Waals surface area (Å²) in [6, 6.07) is 7.68. The molecule has 5 heterocycles. The van der Waals surface area contributed by atoms with E-state index in [1.165, 1.54) is 12.1 Å². The highest BCUT2D eigenvalue weighted by atomic mass is 35.5. The number of nitrogens with zero attached hydrogens (tertiary/aromatic N) is 3.